The minimum atomic E-state index is -0.493. The van der Waals surface area contributed by atoms with E-state index < -0.39 is 5.79 Å². The highest BCUT2D eigenvalue weighted by atomic mass is 32.1. The highest BCUT2D eigenvalue weighted by Crippen LogP contribution is 2.47. The van der Waals surface area contributed by atoms with Crippen LogP contribution in [-0.2, 0) is 14.2 Å². The maximum Gasteiger partial charge on any atom is 0.172 e. The van der Waals surface area contributed by atoms with Gasteiger partial charge in [0, 0.05) is 30.3 Å². The lowest BCUT2D eigenvalue weighted by atomic mass is 9.76. The van der Waals surface area contributed by atoms with Gasteiger partial charge in [-0.1, -0.05) is 51.9 Å². The van der Waals surface area contributed by atoms with Gasteiger partial charge in [0.2, 0.25) is 0 Å². The van der Waals surface area contributed by atoms with Gasteiger partial charge in [0.1, 0.15) is 12.7 Å². The molecule has 2 saturated heterocycles. The molecule has 0 saturated carbocycles. The Labute approximate surface area is 185 Å². The number of hydrogen-bond donors (Lipinski definition) is 0. The van der Waals surface area contributed by atoms with Crippen LogP contribution in [-0.4, -0.2) is 53.2 Å². The molecule has 0 aromatic rings. The maximum absolute atomic E-state index is 6.42. The first-order valence-electron chi connectivity index (χ1n) is 11.8. The molecule has 0 aliphatic carbocycles. The number of hydrogen-bond acceptors (Lipinski definition) is 5. The fourth-order valence-corrected chi connectivity index (χ4v) is 5.20. The summed E-state index contributed by atoms with van der Waals surface area (Å²) in [5.41, 5.74) is 0.0622. The van der Waals surface area contributed by atoms with Crippen LogP contribution in [0.25, 0.3) is 0 Å². The molecule has 0 aromatic heterocycles. The first-order chi connectivity index (χ1) is 13.6. The van der Waals surface area contributed by atoms with Gasteiger partial charge in [-0.15, -0.1) is 0 Å². The molecule has 2 heterocycles. The Balaban J connectivity index is 1.64. The van der Waals surface area contributed by atoms with Gasteiger partial charge in [-0.25, -0.2) is 0 Å². The minimum absolute atomic E-state index is 0.0264. The monoisotopic (exact) mass is 427 g/mol. The quantitative estimate of drug-likeness (QED) is 0.287. The molecule has 0 bridgehead atoms. The number of unbranched alkanes of at least 4 members (excludes halogenated alkanes) is 7. The van der Waals surface area contributed by atoms with Crippen LogP contribution in [0.4, 0.5) is 0 Å². The van der Waals surface area contributed by atoms with Crippen LogP contribution < -0.4 is 0 Å². The highest BCUT2D eigenvalue weighted by molar-refractivity contribution is 7.80. The van der Waals surface area contributed by atoms with Crippen molar-refractivity contribution < 1.29 is 14.2 Å². The normalized spacial score (nSPS) is 25.4. The summed E-state index contributed by atoms with van der Waals surface area (Å²) in [6, 6.07) is 0. The van der Waals surface area contributed by atoms with Crippen molar-refractivity contribution in [1.82, 2.24) is 4.90 Å². The minimum Gasteiger partial charge on any atom is -0.484 e. The zero-order valence-electron chi connectivity index (χ0n) is 19.8. The number of piperidine rings is 1. The SMILES string of the molecule is CCCCCCCCCCC(=S)OCC1COC2(CC(C)(C)N(C)C(C)(C)C2)O1. The Kier molecular flexibility index (Phi) is 9.39. The van der Waals surface area contributed by atoms with E-state index in [1.807, 2.05) is 0 Å². The standard InChI is InChI=1S/C24H45NO3S/c1-7-8-9-10-11-12-13-14-15-21(29)26-16-20-17-27-24(28-20)18-22(2,3)25(6)23(4,5)19-24/h20H,7-19H2,1-6H3. The van der Waals surface area contributed by atoms with E-state index in [-0.39, 0.29) is 17.2 Å². The van der Waals surface area contributed by atoms with Crippen molar-refractivity contribution in [2.24, 2.45) is 0 Å². The molecule has 170 valence electrons. The summed E-state index contributed by atoms with van der Waals surface area (Å²) in [6.07, 6.45) is 13.1. The molecule has 2 aliphatic rings. The summed E-state index contributed by atoms with van der Waals surface area (Å²) < 4.78 is 18.5. The Morgan fingerprint density at radius 3 is 2.10 bits per heavy atom. The fourth-order valence-electron chi connectivity index (χ4n) is 4.98. The average Bonchev–Trinajstić information content (AvgIpc) is 3.01. The largest absolute Gasteiger partial charge is 0.484 e. The van der Waals surface area contributed by atoms with Crippen molar-refractivity contribution >= 4 is 17.3 Å². The van der Waals surface area contributed by atoms with E-state index >= 15 is 0 Å². The average molecular weight is 428 g/mol. The molecule has 0 aromatic carbocycles. The van der Waals surface area contributed by atoms with E-state index in [2.05, 4.69) is 46.6 Å². The third-order valence-corrected chi connectivity index (χ3v) is 7.12. The first kappa shape index (κ1) is 25.0. The van der Waals surface area contributed by atoms with Crippen molar-refractivity contribution in [1.29, 1.82) is 0 Å². The molecule has 2 aliphatic heterocycles. The molecule has 1 atom stereocenters. The number of thiocarbonyl (C=S) groups is 1. The van der Waals surface area contributed by atoms with E-state index in [4.69, 9.17) is 26.4 Å². The van der Waals surface area contributed by atoms with E-state index in [9.17, 15) is 0 Å². The summed E-state index contributed by atoms with van der Waals surface area (Å²) in [7, 11) is 2.20. The van der Waals surface area contributed by atoms with Gasteiger partial charge in [0.25, 0.3) is 0 Å². The van der Waals surface area contributed by atoms with Crippen molar-refractivity contribution in [2.45, 2.75) is 128 Å². The van der Waals surface area contributed by atoms with Crippen molar-refractivity contribution in [3.8, 4) is 0 Å². The van der Waals surface area contributed by atoms with Crippen molar-refractivity contribution in [3.05, 3.63) is 0 Å². The van der Waals surface area contributed by atoms with Crippen LogP contribution in [0.2, 0.25) is 0 Å². The Hall–Kier alpha value is -0.230. The van der Waals surface area contributed by atoms with Gasteiger partial charge in [-0.2, -0.15) is 0 Å². The second-order valence-electron chi connectivity index (χ2n) is 10.4. The van der Waals surface area contributed by atoms with Gasteiger partial charge in [-0.3, -0.25) is 4.90 Å². The Morgan fingerprint density at radius 2 is 1.52 bits per heavy atom. The van der Waals surface area contributed by atoms with Gasteiger partial charge in [-0.05, 0) is 53.4 Å². The molecule has 0 N–H and O–H groups in total. The second kappa shape index (κ2) is 10.9. The second-order valence-corrected chi connectivity index (χ2v) is 10.9. The Morgan fingerprint density at radius 1 is 0.966 bits per heavy atom. The van der Waals surface area contributed by atoms with Gasteiger partial charge < -0.3 is 14.2 Å². The van der Waals surface area contributed by atoms with Crippen LogP contribution in [0.5, 0.6) is 0 Å². The lowest BCUT2D eigenvalue weighted by molar-refractivity contribution is -0.243. The van der Waals surface area contributed by atoms with E-state index in [0.717, 1.165) is 30.7 Å². The molecule has 29 heavy (non-hydrogen) atoms. The maximum atomic E-state index is 6.42. The van der Waals surface area contributed by atoms with Gasteiger partial charge in [0.15, 0.2) is 10.8 Å². The summed E-state index contributed by atoms with van der Waals surface area (Å²) in [5.74, 6) is -0.493. The molecule has 0 radical (unpaired) electrons. The summed E-state index contributed by atoms with van der Waals surface area (Å²) in [6.45, 7) is 12.4. The first-order valence-corrected chi connectivity index (χ1v) is 12.2. The van der Waals surface area contributed by atoms with Gasteiger partial charge in [0.05, 0.1) is 6.61 Å². The van der Waals surface area contributed by atoms with Gasteiger partial charge >= 0.3 is 0 Å². The van der Waals surface area contributed by atoms with Crippen molar-refractivity contribution in [2.75, 3.05) is 20.3 Å². The molecule has 2 rings (SSSR count). The van der Waals surface area contributed by atoms with Crippen LogP contribution >= 0.6 is 12.2 Å². The predicted octanol–water partition coefficient (Wildman–Crippen LogP) is 6.26. The fraction of sp³-hybridized carbons (Fsp3) is 0.958. The highest BCUT2D eigenvalue weighted by Gasteiger charge is 2.55. The van der Waals surface area contributed by atoms with E-state index in [1.165, 1.54) is 44.9 Å². The molecule has 2 fully saturated rings. The summed E-state index contributed by atoms with van der Waals surface area (Å²) in [4.78, 5) is 2.45. The number of nitrogens with zero attached hydrogens (tertiary/aromatic N) is 1. The lowest BCUT2D eigenvalue weighted by Gasteiger charge is -2.56. The lowest BCUT2D eigenvalue weighted by Crippen LogP contribution is -2.64. The molecule has 1 unspecified atom stereocenters. The molecule has 4 nitrogen and oxygen atoms in total. The van der Waals surface area contributed by atoms with Crippen LogP contribution in [0.1, 0.15) is 105 Å². The van der Waals surface area contributed by atoms with Crippen LogP contribution in [0.3, 0.4) is 0 Å². The number of likely N-dealkylation sites (tertiary alicyclic amines) is 1. The van der Waals surface area contributed by atoms with E-state index in [0.29, 0.717) is 13.2 Å². The summed E-state index contributed by atoms with van der Waals surface area (Å²) in [5, 5.41) is 0.726. The van der Waals surface area contributed by atoms with E-state index in [1.54, 1.807) is 0 Å². The molecule has 1 spiro atoms. The number of rotatable bonds is 11. The van der Waals surface area contributed by atoms with Crippen LogP contribution in [0, 0.1) is 0 Å². The van der Waals surface area contributed by atoms with Crippen molar-refractivity contribution in [3.63, 3.8) is 0 Å². The predicted molar refractivity (Wildman–Crippen MR) is 124 cm³/mol. The molecule has 0 amide bonds. The molecular weight excluding hydrogens is 382 g/mol. The topological polar surface area (TPSA) is 30.9 Å². The number of ether oxygens (including phenoxy) is 3. The zero-order valence-corrected chi connectivity index (χ0v) is 20.7. The smallest absolute Gasteiger partial charge is 0.172 e. The summed E-state index contributed by atoms with van der Waals surface area (Å²) >= 11 is 5.43. The Bertz CT molecular complexity index is 502. The zero-order chi connectivity index (χ0) is 21.5. The molecule has 5 heteroatoms. The molecular formula is C24H45NO3S. The third-order valence-electron chi connectivity index (χ3n) is 6.80. The third kappa shape index (κ3) is 7.45. The van der Waals surface area contributed by atoms with Crippen LogP contribution in [0.15, 0.2) is 0 Å².